The third kappa shape index (κ3) is 4.53. The highest BCUT2D eigenvalue weighted by Crippen LogP contribution is 2.21. The summed E-state index contributed by atoms with van der Waals surface area (Å²) in [5.41, 5.74) is 1.98. The number of nitrogens with zero attached hydrogens (tertiary/aromatic N) is 3. The number of aromatic nitrogens is 2. The highest BCUT2D eigenvalue weighted by molar-refractivity contribution is 5.97. The van der Waals surface area contributed by atoms with Gasteiger partial charge >= 0.3 is 11.7 Å². The first-order chi connectivity index (χ1) is 12.3. The third-order valence-electron chi connectivity index (χ3n) is 3.98. The average Bonchev–Trinajstić information content (AvgIpc) is 2.87. The summed E-state index contributed by atoms with van der Waals surface area (Å²) in [6.45, 7) is 4.42. The molecule has 0 N–H and O–H groups in total. The maximum Gasteiger partial charge on any atom is 0.328 e. The van der Waals surface area contributed by atoms with E-state index in [1.165, 1.54) is 18.5 Å². The standard InChI is InChI=1S/C18H21N3O5/c1-4-5-14-6-8-15(9-7-14)16(22)11-26-17(23)10-20-13(3)18(21(24)25)12(2)19-20/h6-9H,4-5,10-11H2,1-3H3. The zero-order chi connectivity index (χ0) is 19.3. The van der Waals surface area contributed by atoms with Crippen LogP contribution in [0.15, 0.2) is 24.3 Å². The molecule has 8 nitrogen and oxygen atoms in total. The van der Waals surface area contributed by atoms with Gasteiger partial charge in [-0.25, -0.2) is 0 Å². The predicted molar refractivity (Wildman–Crippen MR) is 94.1 cm³/mol. The Bertz CT molecular complexity index is 824. The Morgan fingerprint density at radius 3 is 2.42 bits per heavy atom. The summed E-state index contributed by atoms with van der Waals surface area (Å²) in [7, 11) is 0. The summed E-state index contributed by atoms with van der Waals surface area (Å²) in [6, 6.07) is 7.19. The minimum atomic E-state index is -0.679. The summed E-state index contributed by atoms with van der Waals surface area (Å²) < 4.78 is 6.19. The molecule has 0 saturated heterocycles. The Labute approximate surface area is 150 Å². The minimum absolute atomic E-state index is 0.124. The molecule has 26 heavy (non-hydrogen) atoms. The van der Waals surface area contributed by atoms with E-state index in [1.807, 2.05) is 12.1 Å². The second-order valence-electron chi connectivity index (χ2n) is 5.96. The molecule has 8 heteroatoms. The summed E-state index contributed by atoms with van der Waals surface area (Å²) in [6.07, 6.45) is 1.97. The molecule has 0 amide bonds. The number of carbonyl (C=O) groups excluding carboxylic acids is 2. The van der Waals surface area contributed by atoms with E-state index < -0.39 is 10.9 Å². The van der Waals surface area contributed by atoms with Crippen molar-refractivity contribution in [3.8, 4) is 0 Å². The normalized spacial score (nSPS) is 10.6. The lowest BCUT2D eigenvalue weighted by atomic mass is 10.1. The molecule has 2 rings (SSSR count). The van der Waals surface area contributed by atoms with Gasteiger partial charge in [-0.05, 0) is 25.8 Å². The van der Waals surface area contributed by atoms with Crippen LogP contribution in [0.4, 0.5) is 5.69 Å². The Morgan fingerprint density at radius 1 is 1.23 bits per heavy atom. The Balaban J connectivity index is 1.93. The topological polar surface area (TPSA) is 104 Å². The van der Waals surface area contributed by atoms with Crippen LogP contribution in [0, 0.1) is 24.0 Å². The van der Waals surface area contributed by atoms with E-state index in [4.69, 9.17) is 4.74 Å². The highest BCUT2D eigenvalue weighted by atomic mass is 16.6. The SMILES string of the molecule is CCCc1ccc(C(=O)COC(=O)Cn2nc(C)c([N+](=O)[O-])c2C)cc1. The first-order valence-electron chi connectivity index (χ1n) is 8.29. The molecule has 1 aromatic heterocycles. The number of ether oxygens (including phenoxy) is 1. The van der Waals surface area contributed by atoms with E-state index >= 15 is 0 Å². The number of hydrogen-bond acceptors (Lipinski definition) is 6. The van der Waals surface area contributed by atoms with Crippen LogP contribution in [0.1, 0.15) is 40.7 Å². The molecule has 0 bridgehead atoms. The van der Waals surface area contributed by atoms with E-state index in [0.29, 0.717) is 5.56 Å². The highest BCUT2D eigenvalue weighted by Gasteiger charge is 2.23. The van der Waals surface area contributed by atoms with E-state index in [2.05, 4.69) is 12.0 Å². The fourth-order valence-electron chi connectivity index (χ4n) is 2.65. The molecule has 0 aliphatic rings. The monoisotopic (exact) mass is 359 g/mol. The molecule has 0 fully saturated rings. The van der Waals surface area contributed by atoms with Crippen molar-refractivity contribution in [3.05, 3.63) is 56.9 Å². The second-order valence-corrected chi connectivity index (χ2v) is 5.96. The lowest BCUT2D eigenvalue weighted by Gasteiger charge is -2.06. The molecule has 0 radical (unpaired) electrons. The van der Waals surface area contributed by atoms with Crippen molar-refractivity contribution in [2.24, 2.45) is 0 Å². The molecule has 138 valence electrons. The summed E-state index contributed by atoms with van der Waals surface area (Å²) in [4.78, 5) is 34.5. The van der Waals surface area contributed by atoms with Crippen LogP contribution in [0.5, 0.6) is 0 Å². The summed E-state index contributed by atoms with van der Waals surface area (Å²) in [5.74, 6) is -0.984. The van der Waals surface area contributed by atoms with Crippen molar-refractivity contribution in [1.82, 2.24) is 9.78 Å². The number of benzene rings is 1. The van der Waals surface area contributed by atoms with E-state index in [9.17, 15) is 19.7 Å². The lowest BCUT2D eigenvalue weighted by Crippen LogP contribution is -2.19. The van der Waals surface area contributed by atoms with Crippen molar-refractivity contribution in [1.29, 1.82) is 0 Å². The maximum atomic E-state index is 12.1. The number of rotatable bonds is 8. The van der Waals surface area contributed by atoms with Gasteiger partial charge in [-0.15, -0.1) is 0 Å². The molecule has 0 spiro atoms. The molecule has 1 aromatic carbocycles. The molecule has 2 aromatic rings. The van der Waals surface area contributed by atoms with Crippen LogP contribution in [-0.4, -0.2) is 33.1 Å². The first kappa shape index (κ1) is 19.3. The molecule has 0 atom stereocenters. The van der Waals surface area contributed by atoms with Crippen LogP contribution in [0.3, 0.4) is 0 Å². The summed E-state index contributed by atoms with van der Waals surface area (Å²) >= 11 is 0. The summed E-state index contributed by atoms with van der Waals surface area (Å²) in [5, 5.41) is 14.9. The van der Waals surface area contributed by atoms with Gasteiger partial charge in [-0.1, -0.05) is 37.6 Å². The molecule has 0 aliphatic heterocycles. The smallest absolute Gasteiger partial charge is 0.328 e. The molecule has 0 unspecified atom stereocenters. The molecule has 0 aliphatic carbocycles. The Kier molecular flexibility index (Phi) is 6.21. The maximum absolute atomic E-state index is 12.1. The van der Waals surface area contributed by atoms with Gasteiger partial charge in [0.25, 0.3) is 0 Å². The van der Waals surface area contributed by atoms with Crippen molar-refractivity contribution in [2.75, 3.05) is 6.61 Å². The van der Waals surface area contributed by atoms with Gasteiger partial charge in [0.05, 0.1) is 4.92 Å². The zero-order valence-corrected chi connectivity index (χ0v) is 15.0. The Hall–Kier alpha value is -3.03. The van der Waals surface area contributed by atoms with E-state index in [-0.39, 0.29) is 36.0 Å². The number of aryl methyl sites for hydroxylation is 2. The van der Waals surface area contributed by atoms with Gasteiger partial charge in [-0.3, -0.25) is 24.4 Å². The van der Waals surface area contributed by atoms with Crippen LogP contribution in [0.25, 0.3) is 0 Å². The van der Waals surface area contributed by atoms with Crippen molar-refractivity contribution < 1.29 is 19.2 Å². The van der Waals surface area contributed by atoms with Gasteiger partial charge in [0, 0.05) is 5.56 Å². The van der Waals surface area contributed by atoms with Crippen LogP contribution in [-0.2, 0) is 22.5 Å². The quantitative estimate of drug-likeness (QED) is 0.311. The van der Waals surface area contributed by atoms with Gasteiger partial charge in [0.2, 0.25) is 0 Å². The largest absolute Gasteiger partial charge is 0.456 e. The predicted octanol–water partition coefficient (Wildman–Crippen LogP) is 2.79. The second kappa shape index (κ2) is 8.37. The fraction of sp³-hybridized carbons (Fsp3) is 0.389. The van der Waals surface area contributed by atoms with Crippen molar-refractivity contribution >= 4 is 17.4 Å². The average molecular weight is 359 g/mol. The zero-order valence-electron chi connectivity index (χ0n) is 15.0. The fourth-order valence-corrected chi connectivity index (χ4v) is 2.65. The van der Waals surface area contributed by atoms with Crippen molar-refractivity contribution in [2.45, 2.75) is 40.2 Å². The van der Waals surface area contributed by atoms with Gasteiger partial charge in [-0.2, -0.15) is 5.10 Å². The van der Waals surface area contributed by atoms with Crippen LogP contribution >= 0.6 is 0 Å². The molecule has 0 saturated carbocycles. The Morgan fingerprint density at radius 2 is 1.88 bits per heavy atom. The number of carbonyl (C=O) groups is 2. The number of Topliss-reactive ketones (excluding diaryl/α,β-unsaturated/α-hetero) is 1. The number of nitro groups is 1. The van der Waals surface area contributed by atoms with Crippen LogP contribution in [0.2, 0.25) is 0 Å². The number of hydrogen-bond donors (Lipinski definition) is 0. The first-order valence-corrected chi connectivity index (χ1v) is 8.29. The number of esters is 1. The van der Waals surface area contributed by atoms with Crippen molar-refractivity contribution in [3.63, 3.8) is 0 Å². The minimum Gasteiger partial charge on any atom is -0.456 e. The van der Waals surface area contributed by atoms with E-state index in [0.717, 1.165) is 18.4 Å². The van der Waals surface area contributed by atoms with Gasteiger partial charge in [0.15, 0.2) is 12.4 Å². The third-order valence-corrected chi connectivity index (χ3v) is 3.98. The lowest BCUT2D eigenvalue weighted by molar-refractivity contribution is -0.386. The van der Waals surface area contributed by atoms with Crippen LogP contribution < -0.4 is 0 Å². The molecular weight excluding hydrogens is 338 g/mol. The van der Waals surface area contributed by atoms with E-state index in [1.54, 1.807) is 12.1 Å². The molecular formula is C18H21N3O5. The molecule has 1 heterocycles. The van der Waals surface area contributed by atoms with Gasteiger partial charge in [0.1, 0.15) is 17.9 Å². The van der Waals surface area contributed by atoms with Gasteiger partial charge < -0.3 is 4.74 Å². The number of ketones is 1.